The molecule has 0 N–H and O–H groups in total. The van der Waals surface area contributed by atoms with E-state index in [9.17, 15) is 0 Å². The van der Waals surface area contributed by atoms with Crippen LogP contribution in [0.3, 0.4) is 0 Å². The fourth-order valence-corrected chi connectivity index (χ4v) is 0.914. The summed E-state index contributed by atoms with van der Waals surface area (Å²) in [5, 5.41) is 8.27. The maximum Gasteiger partial charge on any atom is 0.174 e. The monoisotopic (exact) mass is 177 g/mol. The summed E-state index contributed by atoms with van der Waals surface area (Å²) in [6, 6.07) is 9.09. The zero-order chi connectivity index (χ0) is 9.52. The SMILES string of the molecule is CCOc1ccc(OCC#N)cc1. The van der Waals surface area contributed by atoms with Gasteiger partial charge in [0.15, 0.2) is 6.61 Å². The Morgan fingerprint density at radius 2 is 1.69 bits per heavy atom. The number of nitriles is 1. The first-order valence-corrected chi connectivity index (χ1v) is 4.09. The van der Waals surface area contributed by atoms with Crippen molar-refractivity contribution in [2.75, 3.05) is 13.2 Å². The van der Waals surface area contributed by atoms with Gasteiger partial charge in [0, 0.05) is 0 Å². The average Bonchev–Trinajstić information content (AvgIpc) is 2.17. The van der Waals surface area contributed by atoms with Gasteiger partial charge >= 0.3 is 0 Å². The smallest absolute Gasteiger partial charge is 0.174 e. The topological polar surface area (TPSA) is 42.2 Å². The maximum atomic E-state index is 8.27. The highest BCUT2D eigenvalue weighted by Gasteiger charge is 1.94. The van der Waals surface area contributed by atoms with Gasteiger partial charge in [-0.05, 0) is 31.2 Å². The molecule has 1 aromatic rings. The summed E-state index contributed by atoms with van der Waals surface area (Å²) in [4.78, 5) is 0. The van der Waals surface area contributed by atoms with Crippen molar-refractivity contribution in [1.29, 1.82) is 5.26 Å². The Balaban J connectivity index is 2.54. The largest absolute Gasteiger partial charge is 0.494 e. The van der Waals surface area contributed by atoms with Crippen molar-refractivity contribution < 1.29 is 9.47 Å². The highest BCUT2D eigenvalue weighted by atomic mass is 16.5. The highest BCUT2D eigenvalue weighted by molar-refractivity contribution is 5.31. The Hall–Kier alpha value is -1.69. The maximum absolute atomic E-state index is 8.27. The van der Waals surface area contributed by atoms with Crippen LogP contribution in [-0.2, 0) is 0 Å². The summed E-state index contributed by atoms with van der Waals surface area (Å²) in [5.74, 6) is 1.50. The van der Waals surface area contributed by atoms with Crippen molar-refractivity contribution >= 4 is 0 Å². The van der Waals surface area contributed by atoms with Crippen molar-refractivity contribution in [2.45, 2.75) is 6.92 Å². The Bertz CT molecular complexity index is 287. The second-order valence-electron chi connectivity index (χ2n) is 2.35. The van der Waals surface area contributed by atoms with Crippen LogP contribution < -0.4 is 9.47 Å². The summed E-state index contributed by atoms with van der Waals surface area (Å²) < 4.78 is 10.3. The lowest BCUT2D eigenvalue weighted by Gasteiger charge is -2.04. The molecule has 0 aliphatic carbocycles. The van der Waals surface area contributed by atoms with Crippen LogP contribution in [0.4, 0.5) is 0 Å². The van der Waals surface area contributed by atoms with Gasteiger partial charge in [0.05, 0.1) is 6.61 Å². The van der Waals surface area contributed by atoms with Crippen molar-refractivity contribution in [3.05, 3.63) is 24.3 Å². The lowest BCUT2D eigenvalue weighted by Crippen LogP contribution is -1.94. The van der Waals surface area contributed by atoms with Crippen LogP contribution in [-0.4, -0.2) is 13.2 Å². The Kier molecular flexibility index (Phi) is 3.65. The molecule has 0 saturated carbocycles. The van der Waals surface area contributed by atoms with Gasteiger partial charge in [-0.2, -0.15) is 5.26 Å². The first kappa shape index (κ1) is 9.40. The van der Waals surface area contributed by atoms with Crippen molar-refractivity contribution in [3.8, 4) is 17.6 Å². The normalized spacial score (nSPS) is 8.92. The summed E-state index contributed by atoms with van der Waals surface area (Å²) >= 11 is 0. The molecule has 0 spiro atoms. The Morgan fingerprint density at radius 3 is 2.15 bits per heavy atom. The quantitative estimate of drug-likeness (QED) is 0.706. The molecule has 0 saturated heterocycles. The third-order valence-corrected chi connectivity index (χ3v) is 1.44. The highest BCUT2D eigenvalue weighted by Crippen LogP contribution is 2.17. The second kappa shape index (κ2) is 5.04. The van der Waals surface area contributed by atoms with E-state index in [2.05, 4.69) is 0 Å². The fraction of sp³-hybridized carbons (Fsp3) is 0.300. The Morgan fingerprint density at radius 1 is 1.15 bits per heavy atom. The second-order valence-corrected chi connectivity index (χ2v) is 2.35. The van der Waals surface area contributed by atoms with E-state index in [1.54, 1.807) is 12.1 Å². The summed E-state index contributed by atoms with van der Waals surface area (Å²) in [5.41, 5.74) is 0. The number of hydrogen-bond acceptors (Lipinski definition) is 3. The third-order valence-electron chi connectivity index (χ3n) is 1.44. The summed E-state index contributed by atoms with van der Waals surface area (Å²) in [6.07, 6.45) is 0. The van der Waals surface area contributed by atoms with Gasteiger partial charge in [-0.3, -0.25) is 0 Å². The van der Waals surface area contributed by atoms with Crippen molar-refractivity contribution in [3.63, 3.8) is 0 Å². The van der Waals surface area contributed by atoms with E-state index in [4.69, 9.17) is 14.7 Å². The van der Waals surface area contributed by atoms with Gasteiger partial charge in [-0.15, -0.1) is 0 Å². The average molecular weight is 177 g/mol. The summed E-state index contributed by atoms with van der Waals surface area (Å²) in [7, 11) is 0. The first-order chi connectivity index (χ1) is 6.36. The van der Waals surface area contributed by atoms with Crippen molar-refractivity contribution in [2.24, 2.45) is 0 Å². The molecule has 0 unspecified atom stereocenters. The molecule has 0 aliphatic heterocycles. The van der Waals surface area contributed by atoms with Gasteiger partial charge in [0.1, 0.15) is 17.6 Å². The number of nitrogens with zero attached hydrogens (tertiary/aromatic N) is 1. The minimum atomic E-state index is 0.0774. The molecule has 0 bridgehead atoms. The van der Waals surface area contributed by atoms with Crippen LogP contribution >= 0.6 is 0 Å². The predicted octanol–water partition coefficient (Wildman–Crippen LogP) is 1.99. The van der Waals surface area contributed by atoms with E-state index in [1.807, 2.05) is 25.1 Å². The number of ether oxygens (including phenoxy) is 2. The van der Waals surface area contributed by atoms with Gasteiger partial charge in [0.2, 0.25) is 0 Å². The molecule has 0 aliphatic rings. The van der Waals surface area contributed by atoms with Crippen molar-refractivity contribution in [1.82, 2.24) is 0 Å². The van der Waals surface area contributed by atoms with Crippen LogP contribution in [0, 0.1) is 11.3 Å². The molecule has 13 heavy (non-hydrogen) atoms. The van der Waals surface area contributed by atoms with Gasteiger partial charge < -0.3 is 9.47 Å². The standard InChI is InChI=1S/C10H11NO2/c1-2-12-9-3-5-10(6-4-9)13-8-7-11/h3-6H,2,8H2,1H3. The van der Waals surface area contributed by atoms with Crippen LogP contribution in [0.5, 0.6) is 11.5 Å². The zero-order valence-corrected chi connectivity index (χ0v) is 7.49. The van der Waals surface area contributed by atoms with Gasteiger partial charge in [-0.1, -0.05) is 0 Å². The molecule has 68 valence electrons. The van der Waals surface area contributed by atoms with Gasteiger partial charge in [0.25, 0.3) is 0 Å². The molecule has 0 atom stereocenters. The number of hydrogen-bond donors (Lipinski definition) is 0. The van der Waals surface area contributed by atoms with E-state index in [0.717, 1.165) is 5.75 Å². The first-order valence-electron chi connectivity index (χ1n) is 4.09. The predicted molar refractivity (Wildman–Crippen MR) is 48.7 cm³/mol. The molecule has 3 heteroatoms. The molecule has 0 amide bonds. The number of rotatable bonds is 4. The zero-order valence-electron chi connectivity index (χ0n) is 7.49. The third kappa shape index (κ3) is 3.04. The molecule has 0 radical (unpaired) electrons. The minimum absolute atomic E-state index is 0.0774. The molecule has 0 fully saturated rings. The van der Waals surface area contributed by atoms with E-state index in [0.29, 0.717) is 12.4 Å². The van der Waals surface area contributed by atoms with Crippen LogP contribution in [0.1, 0.15) is 6.92 Å². The molecular weight excluding hydrogens is 166 g/mol. The lowest BCUT2D eigenvalue weighted by molar-refractivity contribution is 0.337. The van der Waals surface area contributed by atoms with E-state index < -0.39 is 0 Å². The molecule has 3 nitrogen and oxygen atoms in total. The van der Waals surface area contributed by atoms with E-state index in [1.165, 1.54) is 0 Å². The summed E-state index contributed by atoms with van der Waals surface area (Å²) in [6.45, 7) is 2.66. The lowest BCUT2D eigenvalue weighted by atomic mass is 10.3. The van der Waals surface area contributed by atoms with E-state index in [-0.39, 0.29) is 6.61 Å². The van der Waals surface area contributed by atoms with Gasteiger partial charge in [-0.25, -0.2) is 0 Å². The minimum Gasteiger partial charge on any atom is -0.494 e. The van der Waals surface area contributed by atoms with Crippen LogP contribution in [0.2, 0.25) is 0 Å². The molecule has 1 rings (SSSR count). The fourth-order valence-electron chi connectivity index (χ4n) is 0.914. The van der Waals surface area contributed by atoms with Crippen LogP contribution in [0.15, 0.2) is 24.3 Å². The number of benzene rings is 1. The molecule has 1 aromatic carbocycles. The molecule has 0 heterocycles. The van der Waals surface area contributed by atoms with E-state index >= 15 is 0 Å². The Labute approximate surface area is 77.5 Å². The molecular formula is C10H11NO2. The molecule has 0 aromatic heterocycles. The van der Waals surface area contributed by atoms with Crippen LogP contribution in [0.25, 0.3) is 0 Å².